The molecule has 1 unspecified atom stereocenters. The predicted molar refractivity (Wildman–Crippen MR) is 49.5 cm³/mol. The van der Waals surface area contributed by atoms with Gasteiger partial charge in [-0.05, 0) is 25.7 Å². The highest BCUT2D eigenvalue weighted by Gasteiger charge is 2.41. The summed E-state index contributed by atoms with van der Waals surface area (Å²) in [4.78, 5) is 0. The lowest BCUT2D eigenvalue weighted by Gasteiger charge is -2.06. The summed E-state index contributed by atoms with van der Waals surface area (Å²) in [6.07, 6.45) is -3.09. The van der Waals surface area contributed by atoms with Crippen molar-refractivity contribution in [2.75, 3.05) is 0 Å². The van der Waals surface area contributed by atoms with Crippen molar-refractivity contribution in [3.8, 4) is 0 Å². The van der Waals surface area contributed by atoms with Crippen LogP contribution in [0, 0.1) is 5.92 Å². The number of aryl methyl sites for hydroxylation is 1. The normalized spacial score (nSPS) is 20.7. The van der Waals surface area contributed by atoms with E-state index in [1.54, 1.807) is 0 Å². The van der Waals surface area contributed by atoms with Gasteiger partial charge < -0.3 is 0 Å². The molecule has 0 bridgehead atoms. The Morgan fingerprint density at radius 2 is 2.07 bits per heavy atom. The molecule has 5 heteroatoms. The fourth-order valence-electron chi connectivity index (χ4n) is 2.22. The molecular formula is C10H13F3N2. The van der Waals surface area contributed by atoms with Gasteiger partial charge in [-0.1, -0.05) is 6.92 Å². The maximum atomic E-state index is 12.6. The maximum Gasteiger partial charge on any atom is 0.435 e. The van der Waals surface area contributed by atoms with Crippen LogP contribution >= 0.6 is 0 Å². The zero-order valence-corrected chi connectivity index (χ0v) is 8.73. The molecular weight excluding hydrogens is 205 g/mol. The minimum atomic E-state index is -4.31. The van der Waals surface area contributed by atoms with E-state index in [0.717, 1.165) is 5.69 Å². The monoisotopic (exact) mass is 218 g/mol. The zero-order chi connectivity index (χ0) is 11.2. The van der Waals surface area contributed by atoms with Crippen LogP contribution in [-0.4, -0.2) is 9.78 Å². The predicted octanol–water partition coefficient (Wildman–Crippen LogP) is 2.66. The molecule has 1 atom stereocenters. The molecule has 15 heavy (non-hydrogen) atoms. The van der Waals surface area contributed by atoms with Gasteiger partial charge in [0.1, 0.15) is 0 Å². The van der Waals surface area contributed by atoms with E-state index in [1.807, 2.05) is 13.8 Å². The zero-order valence-electron chi connectivity index (χ0n) is 8.73. The van der Waals surface area contributed by atoms with Crippen molar-refractivity contribution in [1.82, 2.24) is 9.78 Å². The Hall–Kier alpha value is -1.00. The Balaban J connectivity index is 2.51. The van der Waals surface area contributed by atoms with Gasteiger partial charge in [-0.25, -0.2) is 0 Å². The minimum absolute atomic E-state index is 0.303. The molecule has 0 amide bonds. The van der Waals surface area contributed by atoms with Gasteiger partial charge in [0.15, 0.2) is 5.69 Å². The average Bonchev–Trinajstić information content (AvgIpc) is 2.59. The van der Waals surface area contributed by atoms with Gasteiger partial charge in [-0.3, -0.25) is 4.68 Å². The molecule has 2 nitrogen and oxygen atoms in total. The molecule has 0 fully saturated rings. The minimum Gasteiger partial charge on any atom is -0.269 e. The first-order valence-corrected chi connectivity index (χ1v) is 5.09. The van der Waals surface area contributed by atoms with E-state index in [-0.39, 0.29) is 0 Å². The molecule has 1 aromatic heterocycles. The molecule has 0 N–H and O–H groups in total. The lowest BCUT2D eigenvalue weighted by molar-refractivity contribution is -0.142. The first kappa shape index (κ1) is 10.5. The number of nitrogens with zero attached hydrogens (tertiary/aromatic N) is 2. The molecule has 1 aliphatic carbocycles. The van der Waals surface area contributed by atoms with Crippen LogP contribution in [0.5, 0.6) is 0 Å². The van der Waals surface area contributed by atoms with E-state index in [9.17, 15) is 13.2 Å². The molecule has 1 heterocycles. The van der Waals surface area contributed by atoms with Crippen LogP contribution in [0.1, 0.15) is 30.8 Å². The van der Waals surface area contributed by atoms with Crippen LogP contribution < -0.4 is 0 Å². The largest absolute Gasteiger partial charge is 0.435 e. The van der Waals surface area contributed by atoms with Crippen LogP contribution in [-0.2, 0) is 25.6 Å². The maximum absolute atomic E-state index is 12.6. The highest BCUT2D eigenvalue weighted by molar-refractivity contribution is 5.33. The average molecular weight is 218 g/mol. The van der Waals surface area contributed by atoms with Crippen LogP contribution in [0.3, 0.4) is 0 Å². The van der Waals surface area contributed by atoms with Gasteiger partial charge in [-0.2, -0.15) is 18.3 Å². The molecule has 0 aliphatic heterocycles. The summed E-state index contributed by atoms with van der Waals surface area (Å²) in [5, 5.41) is 3.65. The number of alkyl halides is 3. The van der Waals surface area contributed by atoms with E-state index in [0.29, 0.717) is 30.9 Å². The first-order chi connectivity index (χ1) is 6.93. The molecule has 0 saturated heterocycles. The standard InChI is InChI=1S/C10H13F3N2/c1-3-15-8-5-6(2)4-7(8)9(14-15)10(11,12)13/h6H,3-5H2,1-2H3. The number of hydrogen-bond donors (Lipinski definition) is 0. The summed E-state index contributed by atoms with van der Waals surface area (Å²) in [6.45, 7) is 4.29. The second-order valence-electron chi connectivity index (χ2n) is 4.10. The molecule has 0 spiro atoms. The van der Waals surface area contributed by atoms with E-state index in [2.05, 4.69) is 5.10 Å². The Morgan fingerprint density at radius 1 is 1.40 bits per heavy atom. The molecule has 0 saturated carbocycles. The van der Waals surface area contributed by atoms with Crippen molar-refractivity contribution in [2.24, 2.45) is 5.92 Å². The van der Waals surface area contributed by atoms with Crippen LogP contribution in [0.15, 0.2) is 0 Å². The fourth-order valence-corrected chi connectivity index (χ4v) is 2.22. The van der Waals surface area contributed by atoms with E-state index in [1.165, 1.54) is 4.68 Å². The SMILES string of the molecule is CCn1nc(C(F)(F)F)c2c1CC(C)C2. The third-order valence-corrected chi connectivity index (χ3v) is 2.83. The number of fused-ring (bicyclic) bond motifs is 1. The number of rotatable bonds is 1. The summed E-state index contributed by atoms with van der Waals surface area (Å²) in [5.41, 5.74) is 0.512. The van der Waals surface area contributed by atoms with Gasteiger partial charge in [-0.15, -0.1) is 0 Å². The summed E-state index contributed by atoms with van der Waals surface area (Å²) in [5.74, 6) is 0.303. The smallest absolute Gasteiger partial charge is 0.269 e. The van der Waals surface area contributed by atoms with Gasteiger partial charge in [0, 0.05) is 17.8 Å². The van der Waals surface area contributed by atoms with E-state index >= 15 is 0 Å². The highest BCUT2D eigenvalue weighted by atomic mass is 19.4. The van der Waals surface area contributed by atoms with Crippen LogP contribution in [0.25, 0.3) is 0 Å². The van der Waals surface area contributed by atoms with Gasteiger partial charge in [0.2, 0.25) is 0 Å². The van der Waals surface area contributed by atoms with E-state index < -0.39 is 11.9 Å². The van der Waals surface area contributed by atoms with Gasteiger partial charge in [0.05, 0.1) is 0 Å². The van der Waals surface area contributed by atoms with Crippen LogP contribution in [0.2, 0.25) is 0 Å². The van der Waals surface area contributed by atoms with Crippen molar-refractivity contribution >= 4 is 0 Å². The second kappa shape index (κ2) is 3.25. The summed E-state index contributed by atoms with van der Waals surface area (Å²) in [7, 11) is 0. The Kier molecular flexibility index (Phi) is 2.28. The number of hydrogen-bond acceptors (Lipinski definition) is 1. The number of halogens is 3. The highest BCUT2D eigenvalue weighted by Crippen LogP contribution is 2.37. The van der Waals surface area contributed by atoms with Crippen molar-refractivity contribution in [3.63, 3.8) is 0 Å². The third kappa shape index (κ3) is 1.64. The Bertz CT molecular complexity index is 379. The summed E-state index contributed by atoms with van der Waals surface area (Å²) in [6, 6.07) is 0. The van der Waals surface area contributed by atoms with Gasteiger partial charge >= 0.3 is 6.18 Å². The molecule has 0 radical (unpaired) electrons. The van der Waals surface area contributed by atoms with Gasteiger partial charge in [0.25, 0.3) is 0 Å². The first-order valence-electron chi connectivity index (χ1n) is 5.09. The lowest BCUT2D eigenvalue weighted by Crippen LogP contribution is -2.11. The third-order valence-electron chi connectivity index (χ3n) is 2.83. The quantitative estimate of drug-likeness (QED) is 0.708. The molecule has 1 aromatic rings. The summed E-state index contributed by atoms with van der Waals surface area (Å²) >= 11 is 0. The molecule has 0 aromatic carbocycles. The van der Waals surface area contributed by atoms with Crippen molar-refractivity contribution in [3.05, 3.63) is 17.0 Å². The van der Waals surface area contributed by atoms with E-state index in [4.69, 9.17) is 0 Å². The van der Waals surface area contributed by atoms with Crippen molar-refractivity contribution < 1.29 is 13.2 Å². The van der Waals surface area contributed by atoms with Crippen LogP contribution in [0.4, 0.5) is 13.2 Å². The Labute approximate surface area is 86.1 Å². The topological polar surface area (TPSA) is 17.8 Å². The Morgan fingerprint density at radius 3 is 2.60 bits per heavy atom. The molecule has 84 valence electrons. The van der Waals surface area contributed by atoms with Crippen molar-refractivity contribution in [2.45, 2.75) is 39.4 Å². The lowest BCUT2D eigenvalue weighted by atomic mass is 10.1. The fraction of sp³-hybridized carbons (Fsp3) is 0.700. The second-order valence-corrected chi connectivity index (χ2v) is 4.10. The van der Waals surface area contributed by atoms with Crippen molar-refractivity contribution in [1.29, 1.82) is 0 Å². The molecule has 2 rings (SSSR count). The number of aromatic nitrogens is 2. The molecule has 1 aliphatic rings. The summed E-state index contributed by atoms with van der Waals surface area (Å²) < 4.78 is 39.4.